The fourth-order valence-corrected chi connectivity index (χ4v) is 9.56. The van der Waals surface area contributed by atoms with Crippen LogP contribution in [-0.4, -0.2) is 39.2 Å². The molecule has 0 radical (unpaired) electrons. The second-order valence-electron chi connectivity index (χ2n) is 8.87. The van der Waals surface area contributed by atoms with Crippen LogP contribution in [0.15, 0.2) is 30.3 Å². The van der Waals surface area contributed by atoms with Crippen molar-refractivity contribution >= 4 is 44.6 Å². The number of rotatable bonds is 4. The van der Waals surface area contributed by atoms with Crippen LogP contribution in [0.1, 0.15) is 46.5 Å². The fourth-order valence-electron chi connectivity index (χ4n) is 3.52. The first-order valence-corrected chi connectivity index (χ1v) is 14.8. The second kappa shape index (κ2) is 7.16. The Morgan fingerprint density at radius 2 is 1.92 bits per heavy atom. The minimum absolute atomic E-state index is 0.0494. The van der Waals surface area contributed by atoms with Crippen LogP contribution in [0.4, 0.5) is 0 Å². The zero-order valence-electron chi connectivity index (χ0n) is 16.0. The molecule has 1 aromatic carbocycles. The molecule has 1 aliphatic carbocycles. The number of hydrogen-bond acceptors (Lipinski definition) is 3. The minimum atomic E-state index is -1.80. The van der Waals surface area contributed by atoms with E-state index < -0.39 is 8.32 Å². The first-order valence-electron chi connectivity index (χ1n) is 9.25. The first kappa shape index (κ1) is 19.7. The summed E-state index contributed by atoms with van der Waals surface area (Å²) in [4.78, 5) is 13.0. The van der Waals surface area contributed by atoms with Gasteiger partial charge in [0.25, 0.3) is 0 Å². The molecule has 1 saturated heterocycles. The topological polar surface area (TPSA) is 26.3 Å². The van der Waals surface area contributed by atoms with E-state index in [4.69, 9.17) is 4.43 Å². The maximum absolute atomic E-state index is 12.8. The molecule has 1 spiro atoms. The Hall–Kier alpha value is -0.0636. The maximum atomic E-state index is 12.8. The summed E-state index contributed by atoms with van der Waals surface area (Å²) in [6.45, 7) is 11.6. The van der Waals surface area contributed by atoms with Crippen molar-refractivity contribution in [2.75, 3.05) is 0 Å². The fraction of sp³-hybridized carbons (Fsp3) is 0.650. The summed E-state index contributed by atoms with van der Waals surface area (Å²) in [5.41, 5.74) is 0. The molecular formula is C20H30O2SSeSi. The van der Waals surface area contributed by atoms with E-state index in [9.17, 15) is 4.79 Å². The predicted octanol–water partition coefficient (Wildman–Crippen LogP) is 4.78. The Bertz CT molecular complexity index is 628. The van der Waals surface area contributed by atoms with Gasteiger partial charge >= 0.3 is 164 Å². The molecule has 25 heavy (non-hydrogen) atoms. The van der Waals surface area contributed by atoms with Gasteiger partial charge in [-0.05, 0) is 0 Å². The molecule has 3 rings (SSSR count). The molecule has 2 aliphatic rings. The third kappa shape index (κ3) is 4.11. The van der Waals surface area contributed by atoms with Gasteiger partial charge in [-0.25, -0.2) is 0 Å². The summed E-state index contributed by atoms with van der Waals surface area (Å²) < 4.78 is 8.21. The number of benzene rings is 1. The van der Waals surface area contributed by atoms with Gasteiger partial charge in [-0.15, -0.1) is 0 Å². The second-order valence-corrected chi connectivity index (χ2v) is 17.7. The molecule has 1 aromatic rings. The zero-order valence-corrected chi connectivity index (χ0v) is 19.5. The summed E-state index contributed by atoms with van der Waals surface area (Å²) in [6.07, 6.45) is 4.75. The molecule has 2 nitrogen and oxygen atoms in total. The Kier molecular flexibility index (Phi) is 5.64. The Balaban J connectivity index is 1.74. The number of carbonyl (C=O) groups is 1. The molecule has 0 aromatic heterocycles. The van der Waals surface area contributed by atoms with Gasteiger partial charge < -0.3 is 0 Å². The molecule has 1 saturated carbocycles. The van der Waals surface area contributed by atoms with E-state index in [0.29, 0.717) is 5.12 Å². The third-order valence-corrected chi connectivity index (χ3v) is 14.9. The molecule has 3 atom stereocenters. The van der Waals surface area contributed by atoms with Crippen LogP contribution in [-0.2, 0) is 9.22 Å². The summed E-state index contributed by atoms with van der Waals surface area (Å²) >= 11 is 1.87. The van der Waals surface area contributed by atoms with Gasteiger partial charge in [0, 0.05) is 0 Å². The van der Waals surface area contributed by atoms with Crippen molar-refractivity contribution in [2.24, 2.45) is 0 Å². The average molecular weight is 442 g/mol. The van der Waals surface area contributed by atoms with E-state index in [0.717, 1.165) is 19.3 Å². The molecule has 0 bridgehead atoms. The van der Waals surface area contributed by atoms with Crippen LogP contribution in [0.2, 0.25) is 22.9 Å². The van der Waals surface area contributed by atoms with Crippen molar-refractivity contribution in [2.45, 2.75) is 80.3 Å². The first-order chi connectivity index (χ1) is 11.6. The Labute approximate surface area is 164 Å². The molecule has 2 fully saturated rings. The van der Waals surface area contributed by atoms with E-state index in [-0.39, 0.29) is 35.7 Å². The molecule has 5 heteroatoms. The Morgan fingerprint density at radius 3 is 2.56 bits per heavy atom. The van der Waals surface area contributed by atoms with E-state index >= 15 is 0 Å². The summed E-state index contributed by atoms with van der Waals surface area (Å²) in [6, 6.07) is 10.5. The molecule has 0 amide bonds. The molecule has 0 unspecified atom stereocenters. The van der Waals surface area contributed by atoms with Gasteiger partial charge in [-0.2, -0.15) is 0 Å². The molecule has 138 valence electrons. The molecule has 0 N–H and O–H groups in total. The predicted molar refractivity (Wildman–Crippen MR) is 111 cm³/mol. The van der Waals surface area contributed by atoms with Crippen molar-refractivity contribution in [3.8, 4) is 0 Å². The van der Waals surface area contributed by atoms with Crippen LogP contribution in [0, 0.1) is 0 Å². The van der Waals surface area contributed by atoms with Gasteiger partial charge in [-0.3, -0.25) is 0 Å². The van der Waals surface area contributed by atoms with E-state index in [1.54, 1.807) is 11.8 Å². The number of thioether (sulfide) groups is 1. The van der Waals surface area contributed by atoms with Crippen molar-refractivity contribution < 1.29 is 9.22 Å². The quantitative estimate of drug-likeness (QED) is 0.629. The van der Waals surface area contributed by atoms with Crippen LogP contribution >= 0.6 is 11.8 Å². The van der Waals surface area contributed by atoms with Gasteiger partial charge in [-0.1, -0.05) is 0 Å². The van der Waals surface area contributed by atoms with Crippen molar-refractivity contribution in [3.63, 3.8) is 0 Å². The summed E-state index contributed by atoms with van der Waals surface area (Å²) in [7, 11) is -1.80. The van der Waals surface area contributed by atoms with E-state index in [1.165, 1.54) is 10.9 Å². The SMILES string of the molecule is CC(C)(C)[Si](C)(C)O[C@H]1CCC[C@]12C[C@@H]([Se]c1ccccc1)C(=O)S2. The van der Waals surface area contributed by atoms with Crippen molar-refractivity contribution in [1.82, 2.24) is 0 Å². The Morgan fingerprint density at radius 1 is 1.24 bits per heavy atom. The summed E-state index contributed by atoms with van der Waals surface area (Å²) in [5.74, 6) is 0. The molecule has 1 heterocycles. The normalized spacial score (nSPS) is 30.4. The van der Waals surface area contributed by atoms with Gasteiger partial charge in [0.05, 0.1) is 0 Å². The van der Waals surface area contributed by atoms with Crippen LogP contribution in [0.3, 0.4) is 0 Å². The number of hydrogen-bond donors (Lipinski definition) is 0. The van der Waals surface area contributed by atoms with Crippen LogP contribution < -0.4 is 4.46 Å². The average Bonchev–Trinajstić information content (AvgIpc) is 3.03. The molecular weight excluding hydrogens is 411 g/mol. The monoisotopic (exact) mass is 442 g/mol. The van der Waals surface area contributed by atoms with Crippen molar-refractivity contribution in [1.29, 1.82) is 0 Å². The third-order valence-electron chi connectivity index (χ3n) is 6.02. The van der Waals surface area contributed by atoms with Crippen LogP contribution in [0.25, 0.3) is 0 Å². The van der Waals surface area contributed by atoms with E-state index in [1.807, 2.05) is 6.07 Å². The standard InChI is InChI=1S/C20H30O2SSeSi/c1-19(2,3)25(4,5)22-17-12-9-13-20(17)14-16(18(21)23-20)24-15-10-7-6-8-11-15/h6-8,10-11,16-17H,9,12-14H2,1-5H3/t16-,17+,20+/m1/s1. The van der Waals surface area contributed by atoms with Gasteiger partial charge in [0.15, 0.2) is 0 Å². The zero-order chi connectivity index (χ0) is 18.3. The number of carbonyl (C=O) groups excluding carboxylic acids is 1. The van der Waals surface area contributed by atoms with E-state index in [2.05, 4.69) is 58.1 Å². The van der Waals surface area contributed by atoms with Crippen molar-refractivity contribution in [3.05, 3.63) is 30.3 Å². The van der Waals surface area contributed by atoms with Crippen LogP contribution in [0.5, 0.6) is 0 Å². The molecule has 1 aliphatic heterocycles. The summed E-state index contributed by atoms with van der Waals surface area (Å²) in [5, 5.41) is 0.631. The van der Waals surface area contributed by atoms with Gasteiger partial charge in [0.1, 0.15) is 0 Å². The van der Waals surface area contributed by atoms with Gasteiger partial charge in [0.2, 0.25) is 0 Å².